The van der Waals surface area contributed by atoms with Gasteiger partial charge in [-0.25, -0.2) is 0 Å². The van der Waals surface area contributed by atoms with Crippen molar-refractivity contribution < 1.29 is 0 Å². The van der Waals surface area contributed by atoms with E-state index in [1.807, 2.05) is 6.08 Å². The zero-order valence-electron chi connectivity index (χ0n) is 15.3. The molecule has 0 aliphatic carbocycles. The normalized spacial score (nSPS) is 14.8. The molecule has 0 amide bonds. The summed E-state index contributed by atoms with van der Waals surface area (Å²) >= 11 is 0. The molecule has 2 heterocycles. The van der Waals surface area contributed by atoms with E-state index >= 15 is 0 Å². The highest BCUT2D eigenvalue weighted by Crippen LogP contribution is 2.14. The van der Waals surface area contributed by atoms with E-state index in [0.29, 0.717) is 0 Å². The first-order valence-electron chi connectivity index (χ1n) is 9.27. The first kappa shape index (κ1) is 18.5. The van der Waals surface area contributed by atoms with Crippen molar-refractivity contribution in [3.63, 3.8) is 0 Å². The Kier molecular flexibility index (Phi) is 7.79. The van der Waals surface area contributed by atoms with Crippen LogP contribution in [0, 0.1) is 0 Å². The van der Waals surface area contributed by atoms with Crippen LogP contribution in [-0.4, -0.2) is 52.3 Å². The van der Waals surface area contributed by atoms with E-state index in [4.69, 9.17) is 4.99 Å². The predicted molar refractivity (Wildman–Crippen MR) is 99.3 cm³/mol. The first-order chi connectivity index (χ1) is 11.8. The first-order valence-corrected chi connectivity index (χ1v) is 9.27. The molecule has 6 heteroatoms. The van der Waals surface area contributed by atoms with Gasteiger partial charge in [-0.05, 0) is 32.6 Å². The molecule has 1 N–H and O–H groups in total. The van der Waals surface area contributed by atoms with E-state index < -0.39 is 0 Å². The maximum Gasteiger partial charge on any atom is 0.193 e. The third-order valence-electron chi connectivity index (χ3n) is 4.38. The Hall–Kier alpha value is -1.85. The van der Waals surface area contributed by atoms with Crippen LogP contribution in [-0.2, 0) is 19.4 Å². The van der Waals surface area contributed by atoms with Gasteiger partial charge in [-0.1, -0.05) is 12.5 Å². The molecule has 24 heavy (non-hydrogen) atoms. The lowest BCUT2D eigenvalue weighted by Crippen LogP contribution is -2.39. The highest BCUT2D eigenvalue weighted by atomic mass is 15.3. The minimum absolute atomic E-state index is 0.742. The summed E-state index contributed by atoms with van der Waals surface area (Å²) in [5.41, 5.74) is 0. The van der Waals surface area contributed by atoms with E-state index in [1.54, 1.807) is 0 Å². The number of aliphatic imine (C=N–C) groups is 1. The average molecular weight is 332 g/mol. The Bertz CT molecular complexity index is 534. The van der Waals surface area contributed by atoms with Gasteiger partial charge in [0, 0.05) is 46.1 Å². The fraction of sp³-hybridized carbons (Fsp3) is 0.722. The summed E-state index contributed by atoms with van der Waals surface area (Å²) in [7, 11) is 2.09. The van der Waals surface area contributed by atoms with Crippen molar-refractivity contribution >= 4 is 5.96 Å². The topological polar surface area (TPSA) is 58.3 Å². The lowest BCUT2D eigenvalue weighted by molar-refractivity contribution is 0.470. The van der Waals surface area contributed by atoms with Crippen molar-refractivity contribution in [2.24, 2.45) is 4.99 Å². The Morgan fingerprint density at radius 2 is 2.25 bits per heavy atom. The van der Waals surface area contributed by atoms with Crippen LogP contribution in [0.2, 0.25) is 0 Å². The van der Waals surface area contributed by atoms with Crippen LogP contribution < -0.4 is 5.32 Å². The summed E-state index contributed by atoms with van der Waals surface area (Å²) in [6.07, 6.45) is 9.77. The van der Waals surface area contributed by atoms with Crippen molar-refractivity contribution in [2.45, 2.75) is 58.4 Å². The van der Waals surface area contributed by atoms with E-state index in [9.17, 15) is 0 Å². The van der Waals surface area contributed by atoms with E-state index in [1.165, 1.54) is 19.3 Å². The number of guanidine groups is 1. The fourth-order valence-electron chi connectivity index (χ4n) is 3.04. The largest absolute Gasteiger partial charge is 0.357 e. The summed E-state index contributed by atoms with van der Waals surface area (Å²) in [6.45, 7) is 9.55. The SMILES string of the molecule is C=CCCCN(C)C(=NCCc1nnc2n1CCCCC2)NCC. The lowest BCUT2D eigenvalue weighted by Gasteiger charge is -2.21. The number of nitrogens with one attached hydrogen (secondary N) is 1. The Morgan fingerprint density at radius 3 is 3.04 bits per heavy atom. The highest BCUT2D eigenvalue weighted by Gasteiger charge is 2.14. The second kappa shape index (κ2) is 10.1. The smallest absolute Gasteiger partial charge is 0.193 e. The second-order valence-electron chi connectivity index (χ2n) is 6.33. The summed E-state index contributed by atoms with van der Waals surface area (Å²) < 4.78 is 2.31. The zero-order chi connectivity index (χ0) is 17.2. The van der Waals surface area contributed by atoms with Crippen molar-refractivity contribution in [1.82, 2.24) is 25.0 Å². The number of allylic oxidation sites excluding steroid dienone is 1. The maximum atomic E-state index is 4.76. The van der Waals surface area contributed by atoms with E-state index in [0.717, 1.165) is 69.5 Å². The Balaban J connectivity index is 1.92. The molecule has 0 saturated carbocycles. The molecule has 134 valence electrons. The molecule has 0 aromatic carbocycles. The molecule has 0 spiro atoms. The number of nitrogens with zero attached hydrogens (tertiary/aromatic N) is 5. The van der Waals surface area contributed by atoms with Crippen LogP contribution in [0.5, 0.6) is 0 Å². The molecule has 1 aromatic heterocycles. The molecule has 1 aliphatic rings. The number of unbranched alkanes of at least 4 members (excludes halogenated alkanes) is 1. The molecule has 0 atom stereocenters. The highest BCUT2D eigenvalue weighted by molar-refractivity contribution is 5.79. The second-order valence-corrected chi connectivity index (χ2v) is 6.33. The monoisotopic (exact) mass is 332 g/mol. The molecule has 0 saturated heterocycles. The summed E-state index contributed by atoms with van der Waals surface area (Å²) in [6, 6.07) is 0. The number of aromatic nitrogens is 3. The van der Waals surface area contributed by atoms with E-state index in [-0.39, 0.29) is 0 Å². The molecular formula is C18H32N6. The molecule has 1 aliphatic heterocycles. The molecule has 6 nitrogen and oxygen atoms in total. The molecule has 0 unspecified atom stereocenters. The van der Waals surface area contributed by atoms with Gasteiger partial charge in [0.2, 0.25) is 0 Å². The third kappa shape index (κ3) is 5.35. The van der Waals surface area contributed by atoms with Gasteiger partial charge in [0.05, 0.1) is 0 Å². The Labute approximate surface area is 146 Å². The van der Waals surface area contributed by atoms with Gasteiger partial charge in [0.1, 0.15) is 11.6 Å². The molecular weight excluding hydrogens is 300 g/mol. The van der Waals surface area contributed by atoms with Crippen molar-refractivity contribution in [2.75, 3.05) is 26.7 Å². The lowest BCUT2D eigenvalue weighted by atomic mass is 10.2. The number of rotatable bonds is 8. The van der Waals surface area contributed by atoms with Crippen molar-refractivity contribution in [1.29, 1.82) is 0 Å². The minimum atomic E-state index is 0.742. The molecule has 0 radical (unpaired) electrons. The molecule has 0 fully saturated rings. The fourth-order valence-corrected chi connectivity index (χ4v) is 3.04. The van der Waals surface area contributed by atoms with Gasteiger partial charge in [0.15, 0.2) is 5.96 Å². The Morgan fingerprint density at radius 1 is 1.38 bits per heavy atom. The van der Waals surface area contributed by atoms with Gasteiger partial charge in [-0.2, -0.15) is 0 Å². The third-order valence-corrected chi connectivity index (χ3v) is 4.38. The number of fused-ring (bicyclic) bond motifs is 1. The van der Waals surface area contributed by atoms with Crippen LogP contribution in [0.3, 0.4) is 0 Å². The average Bonchev–Trinajstić information content (AvgIpc) is 2.81. The van der Waals surface area contributed by atoms with Crippen molar-refractivity contribution in [3.8, 4) is 0 Å². The van der Waals surface area contributed by atoms with Crippen molar-refractivity contribution in [3.05, 3.63) is 24.3 Å². The van der Waals surface area contributed by atoms with Crippen LogP contribution in [0.15, 0.2) is 17.6 Å². The summed E-state index contributed by atoms with van der Waals surface area (Å²) in [4.78, 5) is 6.96. The number of aryl methyl sites for hydroxylation is 1. The quantitative estimate of drug-likeness (QED) is 0.344. The molecule has 2 rings (SSSR count). The van der Waals surface area contributed by atoms with Crippen LogP contribution >= 0.6 is 0 Å². The minimum Gasteiger partial charge on any atom is -0.357 e. The number of hydrogen-bond donors (Lipinski definition) is 1. The molecule has 0 bridgehead atoms. The summed E-state index contributed by atoms with van der Waals surface area (Å²) in [5.74, 6) is 3.21. The maximum absolute atomic E-state index is 4.76. The van der Waals surface area contributed by atoms with Crippen LogP contribution in [0.25, 0.3) is 0 Å². The van der Waals surface area contributed by atoms with Gasteiger partial charge in [-0.3, -0.25) is 4.99 Å². The number of hydrogen-bond acceptors (Lipinski definition) is 3. The van der Waals surface area contributed by atoms with Gasteiger partial charge in [-0.15, -0.1) is 16.8 Å². The standard InChI is InChI=1S/C18H32N6/c1-4-6-9-14-23(3)18(19-5-2)20-13-12-17-22-21-16-11-8-7-10-15-24(16)17/h4H,1,5-15H2,2-3H3,(H,19,20). The van der Waals surface area contributed by atoms with E-state index in [2.05, 4.69) is 45.5 Å². The predicted octanol–water partition coefficient (Wildman–Crippen LogP) is 2.41. The summed E-state index contributed by atoms with van der Waals surface area (Å²) in [5, 5.41) is 12.1. The molecule has 1 aromatic rings. The van der Waals surface area contributed by atoms with Crippen LogP contribution in [0.1, 0.15) is 50.7 Å². The van der Waals surface area contributed by atoms with Crippen LogP contribution in [0.4, 0.5) is 0 Å². The van der Waals surface area contributed by atoms with Gasteiger partial charge in [0.25, 0.3) is 0 Å². The van der Waals surface area contributed by atoms with Gasteiger partial charge >= 0.3 is 0 Å². The zero-order valence-corrected chi connectivity index (χ0v) is 15.3. The van der Waals surface area contributed by atoms with Gasteiger partial charge < -0.3 is 14.8 Å².